The van der Waals surface area contributed by atoms with Gasteiger partial charge in [-0.15, -0.1) is 0 Å². The van der Waals surface area contributed by atoms with Crippen LogP contribution in [-0.4, -0.2) is 22.7 Å². The Morgan fingerprint density at radius 2 is 1.68 bits per heavy atom. The van der Waals surface area contributed by atoms with Gasteiger partial charge in [-0.3, -0.25) is 4.79 Å². The minimum absolute atomic E-state index is 0.162. The highest BCUT2D eigenvalue weighted by Crippen LogP contribution is 2.32. The van der Waals surface area contributed by atoms with E-state index in [4.69, 9.17) is 4.74 Å². The maximum Gasteiger partial charge on any atom is 0.339 e. The number of rotatable bonds is 1. The van der Waals surface area contributed by atoms with Crippen LogP contribution in [-0.2, 0) is 4.74 Å². The number of carbonyl (C=O) groups is 2. The van der Waals surface area contributed by atoms with Crippen LogP contribution in [0.15, 0.2) is 36.4 Å². The number of cyclic esters (lactones) is 1. The maximum atomic E-state index is 12.5. The molecule has 0 spiro atoms. The number of halogens is 1. The lowest BCUT2D eigenvalue weighted by Crippen LogP contribution is -2.46. The van der Waals surface area contributed by atoms with Crippen LogP contribution in [0.1, 0.15) is 27.6 Å². The molecule has 1 atom stereocenters. The Kier molecular flexibility index (Phi) is 2.71. The third-order valence-electron chi connectivity index (χ3n) is 3.40. The Bertz CT molecular complexity index is 708. The van der Waals surface area contributed by atoms with Crippen LogP contribution in [0.3, 0.4) is 0 Å². The maximum absolute atomic E-state index is 12.5. The quantitative estimate of drug-likeness (QED) is 0.598. The normalized spacial score (nSPS) is 22.2. The SMILES string of the molecule is CC1(CBr)OC(=O)c2cc3ccccc3cc2C1=O. The summed E-state index contributed by atoms with van der Waals surface area (Å²) in [5.74, 6) is -0.605. The van der Waals surface area contributed by atoms with Crippen LogP contribution in [0.5, 0.6) is 0 Å². The molecule has 1 heterocycles. The second-order valence-corrected chi connectivity index (χ2v) is 5.39. The van der Waals surface area contributed by atoms with Crippen molar-refractivity contribution < 1.29 is 14.3 Å². The van der Waals surface area contributed by atoms with Gasteiger partial charge in [-0.05, 0) is 29.8 Å². The highest BCUT2D eigenvalue weighted by Gasteiger charge is 2.43. The van der Waals surface area contributed by atoms with Crippen molar-refractivity contribution in [3.05, 3.63) is 47.5 Å². The van der Waals surface area contributed by atoms with E-state index in [0.29, 0.717) is 11.1 Å². The third-order valence-corrected chi connectivity index (χ3v) is 4.47. The average Bonchev–Trinajstić information content (AvgIpc) is 2.43. The van der Waals surface area contributed by atoms with Crippen molar-refractivity contribution in [2.75, 3.05) is 5.33 Å². The van der Waals surface area contributed by atoms with Gasteiger partial charge in [0.2, 0.25) is 5.78 Å². The number of benzene rings is 2. The van der Waals surface area contributed by atoms with Gasteiger partial charge in [0.1, 0.15) is 0 Å². The number of alkyl halides is 1. The zero-order chi connectivity index (χ0) is 13.6. The van der Waals surface area contributed by atoms with Gasteiger partial charge >= 0.3 is 5.97 Å². The number of esters is 1. The molecule has 1 aliphatic heterocycles. The van der Waals surface area contributed by atoms with E-state index in [1.54, 1.807) is 19.1 Å². The molecule has 0 N–H and O–H groups in total. The Balaban J connectivity index is 2.29. The molecule has 96 valence electrons. The second kappa shape index (κ2) is 4.17. The topological polar surface area (TPSA) is 43.4 Å². The van der Waals surface area contributed by atoms with E-state index in [0.717, 1.165) is 10.8 Å². The van der Waals surface area contributed by atoms with Gasteiger partial charge in [0, 0.05) is 5.56 Å². The van der Waals surface area contributed by atoms with Gasteiger partial charge in [0.15, 0.2) is 5.60 Å². The van der Waals surface area contributed by atoms with Crippen LogP contribution >= 0.6 is 15.9 Å². The first kappa shape index (κ1) is 12.4. The van der Waals surface area contributed by atoms with E-state index in [9.17, 15) is 9.59 Å². The summed E-state index contributed by atoms with van der Waals surface area (Å²) in [6.07, 6.45) is 0. The Hall–Kier alpha value is -1.68. The molecule has 3 rings (SSSR count). The van der Waals surface area contributed by atoms with E-state index >= 15 is 0 Å². The van der Waals surface area contributed by atoms with Crippen molar-refractivity contribution >= 4 is 38.5 Å². The fraction of sp³-hybridized carbons (Fsp3) is 0.200. The molecule has 0 amide bonds. The minimum Gasteiger partial charge on any atom is -0.446 e. The summed E-state index contributed by atoms with van der Waals surface area (Å²) in [6, 6.07) is 11.1. The Labute approximate surface area is 118 Å². The van der Waals surface area contributed by atoms with Crippen molar-refractivity contribution in [1.82, 2.24) is 0 Å². The van der Waals surface area contributed by atoms with E-state index in [1.807, 2.05) is 24.3 Å². The van der Waals surface area contributed by atoms with E-state index in [1.165, 1.54) is 0 Å². The third kappa shape index (κ3) is 1.78. The van der Waals surface area contributed by atoms with Gasteiger partial charge in [0.05, 0.1) is 10.9 Å². The van der Waals surface area contributed by atoms with Gasteiger partial charge in [-0.1, -0.05) is 40.2 Å². The predicted molar refractivity (Wildman–Crippen MR) is 75.9 cm³/mol. The van der Waals surface area contributed by atoms with Crippen LogP contribution in [0.2, 0.25) is 0 Å². The number of ketones is 1. The first-order valence-electron chi connectivity index (χ1n) is 5.92. The van der Waals surface area contributed by atoms with Gasteiger partial charge in [-0.25, -0.2) is 4.79 Å². The van der Waals surface area contributed by atoms with Crippen molar-refractivity contribution in [3.8, 4) is 0 Å². The van der Waals surface area contributed by atoms with Gasteiger partial charge < -0.3 is 4.74 Å². The van der Waals surface area contributed by atoms with E-state index in [2.05, 4.69) is 15.9 Å². The summed E-state index contributed by atoms with van der Waals surface area (Å²) >= 11 is 3.24. The molecule has 0 bridgehead atoms. The molecule has 1 unspecified atom stereocenters. The average molecular weight is 319 g/mol. The van der Waals surface area contributed by atoms with Crippen LogP contribution in [0, 0.1) is 0 Å². The van der Waals surface area contributed by atoms with Crippen LogP contribution in [0.25, 0.3) is 10.8 Å². The number of ether oxygens (including phenoxy) is 1. The first-order chi connectivity index (χ1) is 9.05. The molecule has 0 aromatic heterocycles. The standard InChI is InChI=1S/C15H11BrO3/c1-15(8-16)13(17)11-6-9-4-2-3-5-10(9)7-12(11)14(18)19-15/h2-7H,8H2,1H3. The molecular weight excluding hydrogens is 308 g/mol. The Morgan fingerprint density at radius 1 is 1.11 bits per heavy atom. The fourth-order valence-corrected chi connectivity index (χ4v) is 2.64. The molecule has 19 heavy (non-hydrogen) atoms. The molecule has 1 aliphatic rings. The van der Waals surface area contributed by atoms with Gasteiger partial charge in [-0.2, -0.15) is 0 Å². The summed E-state index contributed by atoms with van der Waals surface area (Å²) in [5, 5.41) is 2.16. The summed E-state index contributed by atoms with van der Waals surface area (Å²) < 4.78 is 5.28. The number of fused-ring (bicyclic) bond motifs is 2. The number of Topliss-reactive ketones (excluding diaryl/α,β-unsaturated/α-hetero) is 1. The van der Waals surface area contributed by atoms with Crippen LogP contribution < -0.4 is 0 Å². The number of carbonyl (C=O) groups excluding carboxylic acids is 2. The molecule has 0 radical (unpaired) electrons. The lowest BCUT2D eigenvalue weighted by Gasteiger charge is -2.31. The number of hydrogen-bond acceptors (Lipinski definition) is 3. The molecule has 3 nitrogen and oxygen atoms in total. The van der Waals surface area contributed by atoms with E-state index < -0.39 is 11.6 Å². The minimum atomic E-state index is -1.12. The molecule has 0 aliphatic carbocycles. The lowest BCUT2D eigenvalue weighted by molar-refractivity contribution is 0.00161. The molecule has 0 saturated carbocycles. The molecule has 0 saturated heterocycles. The smallest absolute Gasteiger partial charge is 0.339 e. The Morgan fingerprint density at radius 3 is 2.26 bits per heavy atom. The second-order valence-electron chi connectivity index (χ2n) is 4.83. The molecule has 4 heteroatoms. The zero-order valence-corrected chi connectivity index (χ0v) is 11.9. The first-order valence-corrected chi connectivity index (χ1v) is 7.04. The van der Waals surface area contributed by atoms with Crippen LogP contribution in [0.4, 0.5) is 0 Å². The molecule has 2 aromatic carbocycles. The monoisotopic (exact) mass is 318 g/mol. The highest BCUT2D eigenvalue weighted by molar-refractivity contribution is 9.09. The van der Waals surface area contributed by atoms with Crippen molar-refractivity contribution in [2.24, 2.45) is 0 Å². The largest absolute Gasteiger partial charge is 0.446 e. The summed E-state index contributed by atoms with van der Waals surface area (Å²) in [7, 11) is 0. The van der Waals surface area contributed by atoms with E-state index in [-0.39, 0.29) is 11.1 Å². The number of hydrogen-bond donors (Lipinski definition) is 0. The summed E-state index contributed by atoms with van der Waals surface area (Å²) in [4.78, 5) is 24.5. The lowest BCUT2D eigenvalue weighted by atomic mass is 9.88. The molecule has 0 fully saturated rings. The molecular formula is C15H11BrO3. The predicted octanol–water partition coefficient (Wildman–Crippen LogP) is 3.35. The highest BCUT2D eigenvalue weighted by atomic mass is 79.9. The van der Waals surface area contributed by atoms with Crippen molar-refractivity contribution in [3.63, 3.8) is 0 Å². The summed E-state index contributed by atoms with van der Waals surface area (Å²) in [6.45, 7) is 1.63. The summed E-state index contributed by atoms with van der Waals surface area (Å²) in [5.41, 5.74) is -0.328. The van der Waals surface area contributed by atoms with Crippen molar-refractivity contribution in [2.45, 2.75) is 12.5 Å². The molecule has 2 aromatic rings. The zero-order valence-electron chi connectivity index (χ0n) is 10.3. The van der Waals surface area contributed by atoms with Crippen molar-refractivity contribution in [1.29, 1.82) is 0 Å². The fourth-order valence-electron chi connectivity index (χ4n) is 2.28. The van der Waals surface area contributed by atoms with Gasteiger partial charge in [0.25, 0.3) is 0 Å².